The SMILES string of the molecule is [C-]#[N+]c1ccc2c(c1)C(C)(C)c1cccc(-c3ccc(-c4nc(-c5ccc([Si](C)(C)C)cc5)nc(-c5ccc([Si](C)(C)C)cc5)n4)cc3)c1-2. The fraction of sp³-hybridized carbons (Fsp3) is 0.209. The lowest BCUT2D eigenvalue weighted by atomic mass is 9.82. The molecule has 6 heteroatoms. The quantitative estimate of drug-likeness (QED) is 0.131. The number of nitrogens with zero attached hydrogens (tertiary/aromatic N) is 4. The molecule has 7 rings (SSSR count). The van der Waals surface area contributed by atoms with E-state index in [1.165, 1.54) is 38.2 Å². The Balaban J connectivity index is 1.31. The Labute approximate surface area is 292 Å². The molecule has 0 saturated carbocycles. The van der Waals surface area contributed by atoms with Gasteiger partial charge in [0.1, 0.15) is 0 Å². The molecule has 1 heterocycles. The van der Waals surface area contributed by atoms with Crippen molar-refractivity contribution in [3.63, 3.8) is 0 Å². The van der Waals surface area contributed by atoms with Gasteiger partial charge in [0.25, 0.3) is 0 Å². The maximum absolute atomic E-state index is 7.56. The predicted octanol–water partition coefficient (Wildman–Crippen LogP) is 10.5. The summed E-state index contributed by atoms with van der Waals surface area (Å²) in [7, 11) is -2.88. The van der Waals surface area contributed by atoms with Crippen LogP contribution in [0.4, 0.5) is 5.69 Å². The van der Waals surface area contributed by atoms with Crippen LogP contribution in [0.2, 0.25) is 39.3 Å². The summed E-state index contributed by atoms with van der Waals surface area (Å²) in [4.78, 5) is 18.8. The maximum atomic E-state index is 7.56. The summed E-state index contributed by atoms with van der Waals surface area (Å²) in [6, 6.07) is 38.9. The van der Waals surface area contributed by atoms with Crippen LogP contribution in [0.5, 0.6) is 0 Å². The Morgan fingerprint density at radius 3 is 1.41 bits per heavy atom. The summed E-state index contributed by atoms with van der Waals surface area (Å²) in [6.45, 7) is 26.3. The highest BCUT2D eigenvalue weighted by molar-refractivity contribution is 6.89. The van der Waals surface area contributed by atoms with Crippen LogP contribution >= 0.6 is 0 Å². The van der Waals surface area contributed by atoms with Crippen LogP contribution in [0.25, 0.3) is 61.3 Å². The van der Waals surface area contributed by atoms with E-state index in [0.717, 1.165) is 22.3 Å². The summed E-state index contributed by atoms with van der Waals surface area (Å²) in [5, 5.41) is 2.82. The topological polar surface area (TPSA) is 43.0 Å². The first kappa shape index (κ1) is 32.6. The third-order valence-corrected chi connectivity index (χ3v) is 14.1. The van der Waals surface area contributed by atoms with Crippen molar-refractivity contribution in [2.24, 2.45) is 0 Å². The second kappa shape index (κ2) is 11.9. The fourth-order valence-corrected chi connectivity index (χ4v) is 9.22. The van der Waals surface area contributed by atoms with Crippen molar-refractivity contribution in [2.75, 3.05) is 0 Å². The van der Waals surface area contributed by atoms with E-state index in [1.54, 1.807) is 0 Å². The van der Waals surface area contributed by atoms with Crippen LogP contribution < -0.4 is 10.4 Å². The highest BCUT2D eigenvalue weighted by Gasteiger charge is 2.36. The highest BCUT2D eigenvalue weighted by atomic mass is 28.3. The molecule has 0 bridgehead atoms. The van der Waals surface area contributed by atoms with E-state index in [-0.39, 0.29) is 5.41 Å². The van der Waals surface area contributed by atoms with Gasteiger partial charge in [-0.15, -0.1) is 0 Å². The Hall–Kier alpha value is -4.97. The third kappa shape index (κ3) is 5.98. The van der Waals surface area contributed by atoms with E-state index in [2.05, 4.69) is 161 Å². The van der Waals surface area contributed by atoms with E-state index in [0.29, 0.717) is 23.2 Å². The fourth-order valence-electron chi connectivity index (χ4n) is 6.89. The Bertz CT molecular complexity index is 2170. The summed E-state index contributed by atoms with van der Waals surface area (Å²) in [6.07, 6.45) is 0. The lowest BCUT2D eigenvalue weighted by Crippen LogP contribution is -2.37. The van der Waals surface area contributed by atoms with Crippen molar-refractivity contribution in [2.45, 2.75) is 58.5 Å². The molecular weight excluding hydrogens is 629 g/mol. The third-order valence-electron chi connectivity index (χ3n) is 9.92. The van der Waals surface area contributed by atoms with Gasteiger partial charge >= 0.3 is 0 Å². The molecule has 1 aliphatic rings. The minimum Gasteiger partial charge on any atom is -0.238 e. The summed E-state index contributed by atoms with van der Waals surface area (Å²) >= 11 is 0. The monoisotopic (exact) mass is 670 g/mol. The van der Waals surface area contributed by atoms with Crippen molar-refractivity contribution >= 4 is 32.2 Å². The number of hydrogen-bond acceptors (Lipinski definition) is 3. The number of fused-ring (bicyclic) bond motifs is 3. The van der Waals surface area contributed by atoms with Crippen molar-refractivity contribution < 1.29 is 0 Å². The average Bonchev–Trinajstić information content (AvgIpc) is 3.33. The second-order valence-electron chi connectivity index (χ2n) is 15.7. The van der Waals surface area contributed by atoms with Gasteiger partial charge in [0.05, 0.1) is 22.7 Å². The molecule has 0 unspecified atom stereocenters. The molecule has 6 aromatic rings. The van der Waals surface area contributed by atoms with E-state index >= 15 is 0 Å². The van der Waals surface area contributed by atoms with Gasteiger partial charge in [-0.1, -0.05) is 173 Å². The van der Waals surface area contributed by atoms with Gasteiger partial charge in [0, 0.05) is 22.1 Å². The zero-order valence-corrected chi connectivity index (χ0v) is 31.7. The number of aromatic nitrogens is 3. The van der Waals surface area contributed by atoms with Crippen LogP contribution in [-0.2, 0) is 5.41 Å². The molecule has 0 fully saturated rings. The lowest BCUT2D eigenvalue weighted by molar-refractivity contribution is 0.661. The van der Waals surface area contributed by atoms with Gasteiger partial charge in [-0.25, -0.2) is 19.8 Å². The molecular formula is C43H42N4Si2. The molecule has 5 aromatic carbocycles. The van der Waals surface area contributed by atoms with Crippen molar-refractivity contribution in [3.8, 4) is 56.4 Å². The molecule has 0 aliphatic heterocycles. The van der Waals surface area contributed by atoms with Gasteiger partial charge in [-0.05, 0) is 33.4 Å². The van der Waals surface area contributed by atoms with Crippen LogP contribution in [0.15, 0.2) is 109 Å². The molecule has 4 nitrogen and oxygen atoms in total. The zero-order chi connectivity index (χ0) is 34.7. The van der Waals surface area contributed by atoms with Crippen molar-refractivity contribution in [1.82, 2.24) is 15.0 Å². The molecule has 0 amide bonds. The Morgan fingerprint density at radius 1 is 0.510 bits per heavy atom. The zero-order valence-electron chi connectivity index (χ0n) is 29.7. The lowest BCUT2D eigenvalue weighted by Gasteiger charge is -2.22. The van der Waals surface area contributed by atoms with Crippen LogP contribution in [-0.4, -0.2) is 31.1 Å². The first-order valence-electron chi connectivity index (χ1n) is 17.0. The summed E-state index contributed by atoms with van der Waals surface area (Å²) in [5.74, 6) is 2.02. The largest absolute Gasteiger partial charge is 0.238 e. The minimum absolute atomic E-state index is 0.181. The van der Waals surface area contributed by atoms with E-state index < -0.39 is 16.1 Å². The first-order chi connectivity index (χ1) is 23.2. The molecule has 0 spiro atoms. The number of hydrogen-bond donors (Lipinski definition) is 0. The normalized spacial score (nSPS) is 13.4. The Kier molecular flexibility index (Phi) is 7.89. The van der Waals surface area contributed by atoms with Crippen LogP contribution in [0.1, 0.15) is 25.0 Å². The molecule has 1 aliphatic carbocycles. The smallest absolute Gasteiger partial charge is 0.187 e. The van der Waals surface area contributed by atoms with Gasteiger partial charge in [0.15, 0.2) is 23.2 Å². The van der Waals surface area contributed by atoms with E-state index in [1.807, 2.05) is 6.07 Å². The maximum Gasteiger partial charge on any atom is 0.187 e. The van der Waals surface area contributed by atoms with Gasteiger partial charge in [-0.2, -0.15) is 0 Å². The van der Waals surface area contributed by atoms with Crippen LogP contribution in [0, 0.1) is 6.57 Å². The standard InChI is InChI=1S/C43H42N4Si2/c1-43(2)37-12-10-11-35(39(37)36-26-21-32(44-3)27-38(36)43)28-13-15-29(16-14-28)40-45-41(30-17-22-33(23-18-30)48(4,5)6)47-42(46-40)31-19-24-34(25-20-31)49(7,8)9/h10-27H,1-2,4-9H3. The van der Waals surface area contributed by atoms with Gasteiger partial charge < -0.3 is 0 Å². The van der Waals surface area contributed by atoms with Gasteiger partial charge in [0.2, 0.25) is 0 Å². The number of rotatable bonds is 6. The first-order valence-corrected chi connectivity index (χ1v) is 24.0. The van der Waals surface area contributed by atoms with Crippen LogP contribution in [0.3, 0.4) is 0 Å². The molecule has 1 aromatic heterocycles. The number of benzene rings is 5. The molecule has 0 saturated heterocycles. The average molecular weight is 671 g/mol. The molecule has 49 heavy (non-hydrogen) atoms. The van der Waals surface area contributed by atoms with Gasteiger partial charge in [-0.3, -0.25) is 0 Å². The molecule has 0 radical (unpaired) electrons. The molecule has 0 N–H and O–H groups in total. The van der Waals surface area contributed by atoms with E-state index in [4.69, 9.17) is 21.5 Å². The van der Waals surface area contributed by atoms with Crippen molar-refractivity contribution in [1.29, 1.82) is 0 Å². The van der Waals surface area contributed by atoms with Crippen molar-refractivity contribution in [3.05, 3.63) is 132 Å². The summed E-state index contributed by atoms with van der Waals surface area (Å²) < 4.78 is 0. The summed E-state index contributed by atoms with van der Waals surface area (Å²) in [5.41, 5.74) is 10.7. The van der Waals surface area contributed by atoms with E-state index in [9.17, 15) is 0 Å². The second-order valence-corrected chi connectivity index (χ2v) is 25.9. The Morgan fingerprint density at radius 2 is 0.959 bits per heavy atom. The minimum atomic E-state index is -1.44. The molecule has 0 atom stereocenters. The predicted molar refractivity (Wildman–Crippen MR) is 211 cm³/mol. The highest BCUT2D eigenvalue weighted by Crippen LogP contribution is 2.52. The molecule has 242 valence electrons.